The fourth-order valence-electron chi connectivity index (χ4n) is 2.73. The maximum absolute atomic E-state index is 2.38. The van der Waals surface area contributed by atoms with Gasteiger partial charge in [-0.05, 0) is 48.9 Å². The van der Waals surface area contributed by atoms with Crippen LogP contribution in [-0.4, -0.2) is 0 Å². The van der Waals surface area contributed by atoms with E-state index in [0.29, 0.717) is 5.92 Å². The molecule has 0 bridgehead atoms. The number of hydrogen-bond donors (Lipinski definition) is 0. The van der Waals surface area contributed by atoms with Gasteiger partial charge in [0.2, 0.25) is 5.69 Å². The Morgan fingerprint density at radius 3 is 2.42 bits per heavy atom. The summed E-state index contributed by atoms with van der Waals surface area (Å²) in [7, 11) is 2.11. The zero-order valence-electron chi connectivity index (χ0n) is 12.5. The van der Waals surface area contributed by atoms with Crippen molar-refractivity contribution in [1.82, 2.24) is 0 Å². The molecule has 1 heterocycles. The lowest BCUT2D eigenvalue weighted by Gasteiger charge is -2.15. The molecule has 0 amide bonds. The zero-order valence-corrected chi connectivity index (χ0v) is 12.5. The molecule has 1 heteroatoms. The minimum atomic E-state index is 0.674. The molecule has 19 heavy (non-hydrogen) atoms. The molecule has 0 unspecified atom stereocenters. The molecule has 0 aliphatic heterocycles. The average Bonchev–Trinajstić information content (AvgIpc) is 2.43. The van der Waals surface area contributed by atoms with Crippen LogP contribution in [0.15, 0.2) is 42.6 Å². The van der Waals surface area contributed by atoms with Gasteiger partial charge in [-0.1, -0.05) is 26.0 Å². The van der Waals surface area contributed by atoms with Crippen molar-refractivity contribution in [3.63, 3.8) is 0 Å². The van der Waals surface area contributed by atoms with Gasteiger partial charge in [0.15, 0.2) is 6.20 Å². The molecule has 0 saturated heterocycles. The first-order valence-corrected chi connectivity index (χ1v) is 7.23. The summed E-state index contributed by atoms with van der Waals surface area (Å²) in [5, 5.41) is 0. The van der Waals surface area contributed by atoms with Gasteiger partial charge in [-0.25, -0.2) is 4.57 Å². The van der Waals surface area contributed by atoms with Crippen molar-refractivity contribution in [3.05, 3.63) is 53.7 Å². The van der Waals surface area contributed by atoms with Crippen LogP contribution in [-0.2, 0) is 7.05 Å². The first-order valence-electron chi connectivity index (χ1n) is 7.23. The highest BCUT2D eigenvalue weighted by Gasteiger charge is 2.14. The minimum Gasteiger partial charge on any atom is -0.201 e. The number of rotatable bonds is 4. The molecular weight excluding hydrogens is 230 g/mol. The van der Waals surface area contributed by atoms with Crippen molar-refractivity contribution in [1.29, 1.82) is 0 Å². The van der Waals surface area contributed by atoms with E-state index in [1.54, 1.807) is 0 Å². The number of aryl methyl sites for hydroxylation is 2. The number of hydrogen-bond acceptors (Lipinski definition) is 0. The second-order valence-corrected chi connectivity index (χ2v) is 5.28. The van der Waals surface area contributed by atoms with Gasteiger partial charge < -0.3 is 0 Å². The second-order valence-electron chi connectivity index (χ2n) is 5.28. The van der Waals surface area contributed by atoms with E-state index in [4.69, 9.17) is 0 Å². The van der Waals surface area contributed by atoms with Crippen molar-refractivity contribution in [2.24, 2.45) is 7.05 Å². The molecule has 0 spiro atoms. The van der Waals surface area contributed by atoms with Crippen LogP contribution >= 0.6 is 0 Å². The third kappa shape index (κ3) is 2.86. The fourth-order valence-corrected chi connectivity index (χ4v) is 2.73. The van der Waals surface area contributed by atoms with Gasteiger partial charge in [-0.15, -0.1) is 0 Å². The third-order valence-electron chi connectivity index (χ3n) is 4.05. The number of nitrogens with zero attached hydrogens (tertiary/aromatic N) is 1. The predicted octanol–water partition coefficient (Wildman–Crippen LogP) is 4.39. The van der Waals surface area contributed by atoms with E-state index < -0.39 is 0 Å². The highest BCUT2D eigenvalue weighted by atomic mass is 14.9. The Kier molecular flexibility index (Phi) is 4.36. The topological polar surface area (TPSA) is 3.88 Å². The van der Waals surface area contributed by atoms with Crippen LogP contribution < -0.4 is 4.57 Å². The van der Waals surface area contributed by atoms with E-state index in [-0.39, 0.29) is 0 Å². The van der Waals surface area contributed by atoms with Crippen LogP contribution in [0.2, 0.25) is 0 Å². The minimum absolute atomic E-state index is 0.674. The van der Waals surface area contributed by atoms with E-state index in [1.807, 2.05) is 0 Å². The normalized spacial score (nSPS) is 11.0. The first-order chi connectivity index (χ1) is 9.17. The molecule has 0 aliphatic carbocycles. The summed E-state index contributed by atoms with van der Waals surface area (Å²) in [6.07, 6.45) is 4.53. The fraction of sp³-hybridized carbons (Fsp3) is 0.389. The van der Waals surface area contributed by atoms with E-state index in [1.165, 1.54) is 35.2 Å². The van der Waals surface area contributed by atoms with Crippen molar-refractivity contribution in [3.8, 4) is 11.3 Å². The molecule has 0 atom stereocenters. The van der Waals surface area contributed by atoms with Crippen molar-refractivity contribution in [2.45, 2.75) is 39.5 Å². The number of benzene rings is 1. The van der Waals surface area contributed by atoms with Crippen molar-refractivity contribution >= 4 is 0 Å². The van der Waals surface area contributed by atoms with Gasteiger partial charge in [0.1, 0.15) is 7.05 Å². The molecule has 0 fully saturated rings. The quantitative estimate of drug-likeness (QED) is 0.712. The van der Waals surface area contributed by atoms with Gasteiger partial charge in [0.25, 0.3) is 0 Å². The Morgan fingerprint density at radius 1 is 1.05 bits per heavy atom. The molecule has 2 rings (SSSR count). The molecule has 0 saturated carbocycles. The van der Waals surface area contributed by atoms with Gasteiger partial charge in [-0.2, -0.15) is 0 Å². The van der Waals surface area contributed by atoms with Gasteiger partial charge >= 0.3 is 0 Å². The lowest BCUT2D eigenvalue weighted by atomic mass is 9.90. The van der Waals surface area contributed by atoms with E-state index >= 15 is 0 Å². The summed E-state index contributed by atoms with van der Waals surface area (Å²) in [6, 6.07) is 13.3. The molecule has 1 aromatic heterocycles. The van der Waals surface area contributed by atoms with Crippen molar-refractivity contribution in [2.75, 3.05) is 0 Å². The smallest absolute Gasteiger partial charge is 0.201 e. The maximum Gasteiger partial charge on any atom is 0.212 e. The Bertz CT molecular complexity index is 553. The number of aromatic nitrogens is 1. The Balaban J connectivity index is 2.52. The summed E-state index contributed by atoms with van der Waals surface area (Å²) in [6.45, 7) is 6.74. The molecule has 0 radical (unpaired) electrons. The van der Waals surface area contributed by atoms with E-state index in [0.717, 1.165) is 0 Å². The molecule has 100 valence electrons. The first kappa shape index (κ1) is 13.8. The maximum atomic E-state index is 2.38. The molecule has 0 N–H and O–H groups in total. The molecule has 1 aromatic carbocycles. The van der Waals surface area contributed by atoms with E-state index in [9.17, 15) is 0 Å². The average molecular weight is 254 g/mol. The van der Waals surface area contributed by atoms with Crippen LogP contribution in [0.4, 0.5) is 0 Å². The third-order valence-corrected chi connectivity index (χ3v) is 4.05. The number of pyridine rings is 1. The molecule has 1 nitrogen and oxygen atoms in total. The summed E-state index contributed by atoms with van der Waals surface area (Å²) in [4.78, 5) is 0. The second kappa shape index (κ2) is 6.01. The summed E-state index contributed by atoms with van der Waals surface area (Å²) >= 11 is 0. The molecular formula is C18H24N+. The summed E-state index contributed by atoms with van der Waals surface area (Å²) in [5.41, 5.74) is 5.45. The lowest BCUT2D eigenvalue weighted by molar-refractivity contribution is -0.660. The largest absolute Gasteiger partial charge is 0.212 e. The van der Waals surface area contributed by atoms with E-state index in [2.05, 4.69) is 75.0 Å². The summed E-state index contributed by atoms with van der Waals surface area (Å²) in [5.74, 6) is 0.674. The SMILES string of the molecule is CCC(CC)c1ccc(C)c(-c2cccc[n+]2C)c1. The highest BCUT2D eigenvalue weighted by molar-refractivity contribution is 5.62. The van der Waals surface area contributed by atoms with Gasteiger partial charge in [0.05, 0.1) is 0 Å². The lowest BCUT2D eigenvalue weighted by Crippen LogP contribution is -2.30. The Morgan fingerprint density at radius 2 is 1.79 bits per heavy atom. The summed E-state index contributed by atoms with van der Waals surface area (Å²) < 4.78 is 2.19. The standard InChI is InChI=1S/C18H24N/c1-5-15(6-2)16-11-10-14(3)17(13-16)18-9-7-8-12-19(18)4/h7-13,15H,5-6H2,1-4H3/q+1. The molecule has 0 aliphatic rings. The highest BCUT2D eigenvalue weighted by Crippen LogP contribution is 2.28. The predicted molar refractivity (Wildman–Crippen MR) is 81.1 cm³/mol. The van der Waals surface area contributed by atoms with Crippen LogP contribution in [0, 0.1) is 6.92 Å². The van der Waals surface area contributed by atoms with Crippen molar-refractivity contribution < 1.29 is 4.57 Å². The van der Waals surface area contributed by atoms with Gasteiger partial charge in [-0.3, -0.25) is 0 Å². The zero-order chi connectivity index (χ0) is 13.8. The Hall–Kier alpha value is -1.63. The Labute approximate surface area is 116 Å². The molecule has 2 aromatic rings. The monoisotopic (exact) mass is 254 g/mol. The van der Waals surface area contributed by atoms with Crippen LogP contribution in [0.1, 0.15) is 43.7 Å². The van der Waals surface area contributed by atoms with Crippen LogP contribution in [0.25, 0.3) is 11.3 Å². The van der Waals surface area contributed by atoms with Gasteiger partial charge in [0, 0.05) is 17.7 Å². The van der Waals surface area contributed by atoms with Crippen LogP contribution in [0.3, 0.4) is 0 Å². The van der Waals surface area contributed by atoms with Crippen LogP contribution in [0.5, 0.6) is 0 Å².